The van der Waals surface area contributed by atoms with E-state index in [1.165, 1.54) is 5.56 Å². The standard InChI is InChI=1S/C15H22N2O2/c1-5-16-12-7-6-11-8-9-17(13(11)10-12)14(18)19-15(2,3)4/h6-7,10,16H,5,8-9H2,1-4H3/p+1. The lowest BCUT2D eigenvalue weighted by molar-refractivity contribution is -0.746. The molecule has 1 aliphatic heterocycles. The third-order valence-electron chi connectivity index (χ3n) is 3.11. The van der Waals surface area contributed by atoms with Gasteiger partial charge in [-0.25, -0.2) is 4.90 Å². The van der Waals surface area contributed by atoms with Crippen LogP contribution in [0.2, 0.25) is 0 Å². The van der Waals surface area contributed by atoms with Gasteiger partial charge in [-0.05, 0) is 33.8 Å². The number of carbonyl (C=O) groups excluding carboxylic acids is 1. The van der Waals surface area contributed by atoms with Crippen LogP contribution in [-0.2, 0) is 11.2 Å². The Morgan fingerprint density at radius 2 is 2.16 bits per heavy atom. The van der Waals surface area contributed by atoms with Gasteiger partial charge in [0.25, 0.3) is 0 Å². The van der Waals surface area contributed by atoms with Crippen LogP contribution >= 0.6 is 0 Å². The van der Waals surface area contributed by atoms with E-state index in [4.69, 9.17) is 4.74 Å². The Morgan fingerprint density at radius 1 is 1.42 bits per heavy atom. The first-order valence-corrected chi connectivity index (χ1v) is 6.87. The van der Waals surface area contributed by atoms with Crippen LogP contribution in [0.5, 0.6) is 0 Å². The number of anilines is 1. The van der Waals surface area contributed by atoms with Gasteiger partial charge in [-0.3, -0.25) is 0 Å². The number of nitrogens with one attached hydrogen (secondary N) is 2. The molecule has 4 nitrogen and oxygen atoms in total. The maximum absolute atomic E-state index is 12.2. The van der Waals surface area contributed by atoms with Crippen molar-refractivity contribution >= 4 is 17.5 Å². The number of ether oxygens (including phenoxy) is 1. The number of hydrogen-bond acceptors (Lipinski definition) is 3. The molecule has 0 aromatic heterocycles. The lowest BCUT2D eigenvalue weighted by atomic mass is 10.1. The Balaban J connectivity index is 2.20. The second kappa shape index (κ2) is 5.21. The minimum Gasteiger partial charge on any atom is -0.414 e. The van der Waals surface area contributed by atoms with E-state index in [0.717, 1.165) is 35.8 Å². The number of carbonyl (C=O) groups is 1. The molecule has 0 bridgehead atoms. The van der Waals surface area contributed by atoms with E-state index >= 15 is 0 Å². The molecule has 0 fully saturated rings. The Labute approximate surface area is 114 Å². The molecule has 1 aromatic rings. The van der Waals surface area contributed by atoms with E-state index < -0.39 is 5.60 Å². The number of benzene rings is 1. The molecule has 19 heavy (non-hydrogen) atoms. The molecule has 0 saturated carbocycles. The van der Waals surface area contributed by atoms with Gasteiger partial charge in [0.15, 0.2) is 0 Å². The third kappa shape index (κ3) is 3.26. The topological polar surface area (TPSA) is 42.8 Å². The molecule has 1 heterocycles. The molecule has 0 radical (unpaired) electrons. The summed E-state index contributed by atoms with van der Waals surface area (Å²) in [6.07, 6.45) is 0.746. The first-order chi connectivity index (χ1) is 8.90. The average Bonchev–Trinajstić information content (AvgIpc) is 2.70. The zero-order chi connectivity index (χ0) is 14.0. The quantitative estimate of drug-likeness (QED) is 0.859. The number of rotatable bonds is 2. The highest BCUT2D eigenvalue weighted by atomic mass is 16.6. The number of hydrogen-bond donors (Lipinski definition) is 2. The lowest BCUT2D eigenvalue weighted by Crippen LogP contribution is -3.09. The normalized spacial score (nSPS) is 18.0. The molecule has 104 valence electrons. The predicted molar refractivity (Wildman–Crippen MR) is 76.0 cm³/mol. The van der Waals surface area contributed by atoms with E-state index in [2.05, 4.69) is 30.4 Å². The summed E-state index contributed by atoms with van der Waals surface area (Å²) in [4.78, 5) is 13.0. The molecule has 0 saturated heterocycles. The third-order valence-corrected chi connectivity index (χ3v) is 3.11. The van der Waals surface area contributed by atoms with Crippen molar-refractivity contribution in [2.45, 2.75) is 39.7 Å². The van der Waals surface area contributed by atoms with Gasteiger partial charge >= 0.3 is 6.09 Å². The van der Waals surface area contributed by atoms with Crippen LogP contribution in [-0.4, -0.2) is 24.8 Å². The summed E-state index contributed by atoms with van der Waals surface area (Å²) < 4.78 is 5.48. The Kier molecular flexibility index (Phi) is 3.80. The van der Waals surface area contributed by atoms with Crippen molar-refractivity contribution in [3.05, 3.63) is 23.8 Å². The van der Waals surface area contributed by atoms with Gasteiger partial charge in [0, 0.05) is 30.3 Å². The zero-order valence-electron chi connectivity index (χ0n) is 12.2. The molecule has 1 atom stereocenters. The molecule has 2 rings (SSSR count). The minimum atomic E-state index is -0.438. The fourth-order valence-electron chi connectivity index (χ4n) is 2.34. The van der Waals surface area contributed by atoms with Gasteiger partial charge in [-0.1, -0.05) is 6.07 Å². The van der Waals surface area contributed by atoms with Crippen molar-refractivity contribution in [1.29, 1.82) is 0 Å². The van der Waals surface area contributed by atoms with Gasteiger partial charge in [-0.15, -0.1) is 0 Å². The van der Waals surface area contributed by atoms with Gasteiger partial charge in [0.1, 0.15) is 11.3 Å². The number of alkyl carbamates (subject to hydrolysis) is 1. The first kappa shape index (κ1) is 13.9. The molecule has 4 heteroatoms. The van der Waals surface area contributed by atoms with Gasteiger partial charge in [0.05, 0.1) is 6.54 Å². The monoisotopic (exact) mass is 263 g/mol. The molecule has 0 aliphatic carbocycles. The Hall–Kier alpha value is -1.55. The Morgan fingerprint density at radius 3 is 2.79 bits per heavy atom. The van der Waals surface area contributed by atoms with Gasteiger partial charge in [-0.2, -0.15) is 4.79 Å². The highest BCUT2D eigenvalue weighted by Crippen LogP contribution is 2.22. The summed E-state index contributed by atoms with van der Waals surface area (Å²) in [7, 11) is 0. The molecule has 1 amide bonds. The largest absolute Gasteiger partial charge is 0.520 e. The van der Waals surface area contributed by atoms with Crippen molar-refractivity contribution in [2.75, 3.05) is 18.4 Å². The van der Waals surface area contributed by atoms with Crippen LogP contribution in [0, 0.1) is 0 Å². The van der Waals surface area contributed by atoms with Crippen LogP contribution in [0.25, 0.3) is 0 Å². The lowest BCUT2D eigenvalue weighted by Gasteiger charge is -2.20. The number of fused-ring (bicyclic) bond motifs is 1. The van der Waals surface area contributed by atoms with Gasteiger partial charge in [0.2, 0.25) is 0 Å². The van der Waals surface area contributed by atoms with Gasteiger partial charge < -0.3 is 10.1 Å². The van der Waals surface area contributed by atoms with E-state index in [-0.39, 0.29) is 6.09 Å². The predicted octanol–water partition coefficient (Wildman–Crippen LogP) is 2.13. The van der Waals surface area contributed by atoms with Crippen molar-refractivity contribution in [2.24, 2.45) is 0 Å². The fraction of sp³-hybridized carbons (Fsp3) is 0.533. The van der Waals surface area contributed by atoms with E-state index in [1.807, 2.05) is 20.8 Å². The van der Waals surface area contributed by atoms with Crippen molar-refractivity contribution in [3.8, 4) is 0 Å². The molecule has 1 aromatic carbocycles. The SMILES string of the molecule is CCNc1ccc2c(c1)[NH+](C(=O)OC(C)(C)C)CC2. The van der Waals surface area contributed by atoms with Crippen molar-refractivity contribution < 1.29 is 14.4 Å². The summed E-state index contributed by atoms with van der Waals surface area (Å²) >= 11 is 0. The first-order valence-electron chi connectivity index (χ1n) is 6.87. The summed E-state index contributed by atoms with van der Waals surface area (Å²) in [6, 6.07) is 6.23. The van der Waals surface area contributed by atoms with E-state index in [1.54, 1.807) is 0 Å². The summed E-state index contributed by atoms with van der Waals surface area (Å²) in [5.41, 5.74) is 2.91. The van der Waals surface area contributed by atoms with Crippen LogP contribution in [0.1, 0.15) is 33.3 Å². The summed E-state index contributed by atoms with van der Waals surface area (Å²) in [6.45, 7) is 9.41. The average molecular weight is 263 g/mol. The summed E-state index contributed by atoms with van der Waals surface area (Å²) in [5.74, 6) is 0. The second-order valence-corrected chi connectivity index (χ2v) is 5.88. The van der Waals surface area contributed by atoms with E-state index in [0.29, 0.717) is 0 Å². The highest BCUT2D eigenvalue weighted by Gasteiger charge is 2.34. The van der Waals surface area contributed by atoms with Crippen molar-refractivity contribution in [3.63, 3.8) is 0 Å². The Bertz CT molecular complexity index is 478. The zero-order valence-corrected chi connectivity index (χ0v) is 12.2. The number of quaternary nitrogens is 1. The fourth-order valence-corrected chi connectivity index (χ4v) is 2.34. The van der Waals surface area contributed by atoms with Crippen LogP contribution in [0.15, 0.2) is 18.2 Å². The van der Waals surface area contributed by atoms with Crippen LogP contribution in [0.3, 0.4) is 0 Å². The second-order valence-electron chi connectivity index (χ2n) is 5.88. The molecular weight excluding hydrogens is 240 g/mol. The molecule has 1 aliphatic rings. The number of amides is 1. The van der Waals surface area contributed by atoms with E-state index in [9.17, 15) is 4.79 Å². The van der Waals surface area contributed by atoms with Crippen molar-refractivity contribution in [1.82, 2.24) is 0 Å². The maximum Gasteiger partial charge on any atom is 0.520 e. The smallest absolute Gasteiger partial charge is 0.414 e. The highest BCUT2D eigenvalue weighted by molar-refractivity contribution is 5.66. The minimum absolute atomic E-state index is 0.181. The molecule has 2 N–H and O–H groups in total. The maximum atomic E-state index is 12.2. The molecule has 1 unspecified atom stereocenters. The van der Waals surface area contributed by atoms with Crippen LogP contribution < -0.4 is 10.2 Å². The molecule has 0 spiro atoms. The molecular formula is C15H23N2O2+. The summed E-state index contributed by atoms with van der Waals surface area (Å²) in [5, 5.41) is 3.28. The van der Waals surface area contributed by atoms with Crippen LogP contribution in [0.4, 0.5) is 16.2 Å².